The Morgan fingerprint density at radius 2 is 1.59 bits per heavy atom. The van der Waals surface area contributed by atoms with Crippen molar-refractivity contribution >= 4 is 11.8 Å². The van der Waals surface area contributed by atoms with Crippen LogP contribution in [0.5, 0.6) is 0 Å². The van der Waals surface area contributed by atoms with E-state index in [1.54, 1.807) is 37.3 Å². The number of carbonyl (C=O) groups excluding carboxylic acids is 2. The molecule has 1 aliphatic heterocycles. The minimum atomic E-state index is -0.571. The summed E-state index contributed by atoms with van der Waals surface area (Å²) in [4.78, 5) is 25.8. The van der Waals surface area contributed by atoms with Crippen LogP contribution in [0.15, 0.2) is 65.2 Å². The molecular formula is C26H31F2N3O3. The van der Waals surface area contributed by atoms with Gasteiger partial charge in [-0.05, 0) is 56.2 Å². The van der Waals surface area contributed by atoms with E-state index in [1.807, 2.05) is 6.92 Å². The fraction of sp³-hybridized carbons (Fsp3) is 0.346. The van der Waals surface area contributed by atoms with E-state index in [0.29, 0.717) is 17.8 Å². The van der Waals surface area contributed by atoms with Gasteiger partial charge in [0.15, 0.2) is 0 Å². The number of hydrogen-bond acceptors (Lipinski definition) is 4. The van der Waals surface area contributed by atoms with E-state index in [-0.39, 0.29) is 35.3 Å². The number of piperazine rings is 1. The molecule has 0 aliphatic carbocycles. The standard InChI is InChI=1S/C16H16FN3O3.C6H5F.C4H10/c1-9-8-20(10(2)15(21)18-9)16(22)14-7-13(19-23-14)11-3-5-12(17)6-4-11;7-6-4-2-1-3-5-6;1-4(2)3/h3-7,9-10H,8H2,1-2H3,(H,18,21);1-5H;4H,1-3H3. The number of halogens is 2. The third-order valence-electron chi connectivity index (χ3n) is 4.56. The van der Waals surface area contributed by atoms with Crippen molar-refractivity contribution in [2.45, 2.75) is 46.7 Å². The van der Waals surface area contributed by atoms with Crippen LogP contribution in [0, 0.1) is 17.6 Å². The van der Waals surface area contributed by atoms with Gasteiger partial charge in [0.05, 0.1) is 0 Å². The van der Waals surface area contributed by atoms with Crippen LogP contribution in [0.4, 0.5) is 8.78 Å². The fourth-order valence-corrected chi connectivity index (χ4v) is 2.95. The van der Waals surface area contributed by atoms with Gasteiger partial charge in [-0.15, -0.1) is 0 Å². The van der Waals surface area contributed by atoms with Crippen LogP contribution in [0.25, 0.3) is 11.3 Å². The first-order chi connectivity index (χ1) is 16.1. The molecule has 182 valence electrons. The second kappa shape index (κ2) is 12.6. The Morgan fingerprint density at radius 1 is 1.03 bits per heavy atom. The van der Waals surface area contributed by atoms with Crippen molar-refractivity contribution in [3.63, 3.8) is 0 Å². The molecular weight excluding hydrogens is 440 g/mol. The molecule has 4 rings (SSSR count). The molecule has 2 unspecified atom stereocenters. The monoisotopic (exact) mass is 471 g/mol. The summed E-state index contributed by atoms with van der Waals surface area (Å²) in [6.45, 7) is 10.4. The van der Waals surface area contributed by atoms with Crippen molar-refractivity contribution in [2.75, 3.05) is 6.54 Å². The molecule has 0 saturated carbocycles. The predicted molar refractivity (Wildman–Crippen MR) is 127 cm³/mol. The summed E-state index contributed by atoms with van der Waals surface area (Å²) in [6.07, 6.45) is 0. The van der Waals surface area contributed by atoms with Crippen molar-refractivity contribution in [3.05, 3.63) is 78.1 Å². The maximum Gasteiger partial charge on any atom is 0.293 e. The molecule has 1 aliphatic rings. The van der Waals surface area contributed by atoms with E-state index in [0.717, 1.165) is 5.92 Å². The highest BCUT2D eigenvalue weighted by molar-refractivity contribution is 5.96. The first-order valence-electron chi connectivity index (χ1n) is 11.1. The summed E-state index contributed by atoms with van der Waals surface area (Å²) in [6, 6.07) is 14.5. The quantitative estimate of drug-likeness (QED) is 0.549. The number of benzene rings is 2. The predicted octanol–water partition coefficient (Wildman–Crippen LogP) is 5.32. The van der Waals surface area contributed by atoms with Crippen LogP contribution in [0.1, 0.15) is 45.2 Å². The molecule has 0 radical (unpaired) electrons. The average molecular weight is 472 g/mol. The van der Waals surface area contributed by atoms with E-state index in [2.05, 4.69) is 31.2 Å². The number of rotatable bonds is 2. The van der Waals surface area contributed by atoms with E-state index < -0.39 is 6.04 Å². The lowest BCUT2D eigenvalue weighted by atomic mass is 10.1. The summed E-state index contributed by atoms with van der Waals surface area (Å²) >= 11 is 0. The topological polar surface area (TPSA) is 75.4 Å². The lowest BCUT2D eigenvalue weighted by Crippen LogP contribution is -2.59. The van der Waals surface area contributed by atoms with Gasteiger partial charge < -0.3 is 14.7 Å². The third-order valence-corrected chi connectivity index (χ3v) is 4.56. The Morgan fingerprint density at radius 3 is 2.12 bits per heavy atom. The summed E-state index contributed by atoms with van der Waals surface area (Å²) in [7, 11) is 0. The molecule has 1 aromatic heterocycles. The van der Waals surface area contributed by atoms with E-state index in [9.17, 15) is 18.4 Å². The molecule has 1 fully saturated rings. The number of nitrogens with one attached hydrogen (secondary N) is 1. The van der Waals surface area contributed by atoms with Crippen molar-refractivity contribution in [1.82, 2.24) is 15.4 Å². The van der Waals surface area contributed by atoms with Crippen LogP contribution in [0.2, 0.25) is 0 Å². The highest BCUT2D eigenvalue weighted by Crippen LogP contribution is 2.21. The highest BCUT2D eigenvalue weighted by Gasteiger charge is 2.34. The number of aromatic nitrogens is 1. The Kier molecular flexibility index (Phi) is 9.92. The summed E-state index contributed by atoms with van der Waals surface area (Å²) in [5.41, 5.74) is 1.09. The van der Waals surface area contributed by atoms with Crippen molar-refractivity contribution < 1.29 is 22.9 Å². The Hall–Kier alpha value is -3.55. The zero-order valence-corrected chi connectivity index (χ0v) is 20.1. The van der Waals surface area contributed by atoms with Crippen molar-refractivity contribution in [2.24, 2.45) is 5.92 Å². The molecule has 0 spiro atoms. The van der Waals surface area contributed by atoms with Crippen LogP contribution in [0.3, 0.4) is 0 Å². The molecule has 1 N–H and O–H groups in total. The average Bonchev–Trinajstić information content (AvgIpc) is 3.27. The van der Waals surface area contributed by atoms with Gasteiger partial charge in [0.25, 0.3) is 5.91 Å². The molecule has 0 bridgehead atoms. The van der Waals surface area contributed by atoms with Gasteiger partial charge in [-0.3, -0.25) is 9.59 Å². The molecule has 2 atom stereocenters. The first kappa shape index (κ1) is 26.7. The van der Waals surface area contributed by atoms with Crippen LogP contribution in [-0.2, 0) is 4.79 Å². The lowest BCUT2D eigenvalue weighted by Gasteiger charge is -2.35. The molecule has 34 heavy (non-hydrogen) atoms. The van der Waals surface area contributed by atoms with Crippen molar-refractivity contribution in [1.29, 1.82) is 0 Å². The Bertz CT molecular complexity index is 1050. The van der Waals surface area contributed by atoms with E-state index >= 15 is 0 Å². The maximum atomic E-state index is 13.0. The third kappa shape index (κ3) is 8.10. The number of amides is 2. The van der Waals surface area contributed by atoms with E-state index in [4.69, 9.17) is 4.52 Å². The second-order valence-electron chi connectivity index (χ2n) is 8.65. The fourth-order valence-electron chi connectivity index (χ4n) is 2.95. The maximum absolute atomic E-state index is 13.0. The minimum absolute atomic E-state index is 0.0538. The van der Waals surface area contributed by atoms with Crippen molar-refractivity contribution in [3.8, 4) is 11.3 Å². The molecule has 6 nitrogen and oxygen atoms in total. The second-order valence-corrected chi connectivity index (χ2v) is 8.65. The molecule has 2 aromatic carbocycles. The highest BCUT2D eigenvalue weighted by atomic mass is 19.1. The number of nitrogens with zero attached hydrogens (tertiary/aromatic N) is 2. The summed E-state index contributed by atoms with van der Waals surface area (Å²) in [5, 5.41) is 6.64. The SMILES string of the molecule is CC(C)C.CC1CN(C(=O)c2cc(-c3ccc(F)cc3)no2)C(C)C(=O)N1.Fc1ccccc1. The van der Waals surface area contributed by atoms with Gasteiger partial charge in [-0.2, -0.15) is 0 Å². The molecule has 2 amide bonds. The lowest BCUT2D eigenvalue weighted by molar-refractivity contribution is -0.128. The van der Waals surface area contributed by atoms with Gasteiger partial charge in [-0.1, -0.05) is 44.1 Å². The Balaban J connectivity index is 0.000000307. The summed E-state index contributed by atoms with van der Waals surface area (Å²) in [5.74, 6) is -0.230. The van der Waals surface area contributed by atoms with Crippen LogP contribution < -0.4 is 5.32 Å². The minimum Gasteiger partial charge on any atom is -0.350 e. The molecule has 2 heterocycles. The smallest absolute Gasteiger partial charge is 0.293 e. The molecule has 8 heteroatoms. The zero-order valence-electron chi connectivity index (χ0n) is 20.1. The van der Waals surface area contributed by atoms with Crippen LogP contribution in [-0.4, -0.2) is 40.5 Å². The normalized spacial score (nSPS) is 17.2. The molecule has 1 saturated heterocycles. The largest absolute Gasteiger partial charge is 0.350 e. The van der Waals surface area contributed by atoms with Gasteiger partial charge in [0, 0.05) is 24.2 Å². The van der Waals surface area contributed by atoms with Gasteiger partial charge in [0.2, 0.25) is 11.7 Å². The molecule has 3 aromatic rings. The summed E-state index contributed by atoms with van der Waals surface area (Å²) < 4.78 is 30.0. The first-order valence-corrected chi connectivity index (χ1v) is 11.1. The van der Waals surface area contributed by atoms with Gasteiger partial charge in [0.1, 0.15) is 23.4 Å². The zero-order chi connectivity index (χ0) is 25.3. The number of hydrogen-bond donors (Lipinski definition) is 1. The van der Waals surface area contributed by atoms with E-state index in [1.165, 1.54) is 35.2 Å². The Labute approximate surface area is 198 Å². The van der Waals surface area contributed by atoms with Gasteiger partial charge in [-0.25, -0.2) is 8.78 Å². The number of carbonyl (C=O) groups is 2. The van der Waals surface area contributed by atoms with Gasteiger partial charge >= 0.3 is 0 Å². The van der Waals surface area contributed by atoms with Crippen LogP contribution >= 0.6 is 0 Å².